The fraction of sp³-hybridized carbons (Fsp3) is 0.348. The van der Waals surface area contributed by atoms with E-state index in [0.717, 1.165) is 0 Å². The van der Waals surface area contributed by atoms with Crippen LogP contribution in [0.2, 0.25) is 5.02 Å². The van der Waals surface area contributed by atoms with Crippen molar-refractivity contribution in [2.75, 3.05) is 26.2 Å². The summed E-state index contributed by atoms with van der Waals surface area (Å²) in [4.78, 5) is 25.4. The van der Waals surface area contributed by atoms with Crippen molar-refractivity contribution in [1.82, 2.24) is 14.8 Å². The second-order valence-corrected chi connectivity index (χ2v) is 8.48. The van der Waals surface area contributed by atoms with Gasteiger partial charge in [0.2, 0.25) is 5.91 Å². The minimum Gasteiger partial charge on any atom is -0.376 e. The van der Waals surface area contributed by atoms with Crippen LogP contribution in [-0.2, 0) is 16.1 Å². The van der Waals surface area contributed by atoms with Crippen LogP contribution in [0.3, 0.4) is 0 Å². The number of nitro benzene ring substituents is 1. The van der Waals surface area contributed by atoms with Crippen LogP contribution < -0.4 is 5.32 Å². The molecule has 0 aliphatic carbocycles. The molecule has 1 N–H and O–H groups in total. The molecule has 0 saturated carbocycles. The molecule has 1 saturated heterocycles. The third kappa shape index (κ3) is 5.16. The molecule has 8 nitrogen and oxygen atoms in total. The van der Waals surface area contributed by atoms with Gasteiger partial charge in [-0.2, -0.15) is 0 Å². The average molecular weight is 475 g/mol. The number of nitrogens with zero attached hydrogens (tertiary/aromatic N) is 3. The number of non-ortho nitro benzene ring substituents is 1. The van der Waals surface area contributed by atoms with Gasteiger partial charge in [-0.25, -0.2) is 4.39 Å². The Morgan fingerprint density at radius 1 is 1.36 bits per heavy atom. The highest BCUT2D eigenvalue weighted by molar-refractivity contribution is 6.31. The molecule has 2 unspecified atom stereocenters. The van der Waals surface area contributed by atoms with Gasteiger partial charge < -0.3 is 14.6 Å². The molecule has 2 atom stereocenters. The number of hydrogen-bond donors (Lipinski definition) is 1. The zero-order chi connectivity index (χ0) is 23.5. The first-order valence-corrected chi connectivity index (χ1v) is 11.0. The molecule has 10 heteroatoms. The van der Waals surface area contributed by atoms with E-state index in [9.17, 15) is 19.3 Å². The number of ether oxygens (including phenoxy) is 1. The van der Waals surface area contributed by atoms with Gasteiger partial charge in [-0.15, -0.1) is 0 Å². The van der Waals surface area contributed by atoms with Crippen molar-refractivity contribution in [2.24, 2.45) is 0 Å². The lowest BCUT2D eigenvalue weighted by molar-refractivity contribution is -0.384. The summed E-state index contributed by atoms with van der Waals surface area (Å²) in [7, 11) is 0. The Balaban J connectivity index is 1.50. The number of carbonyl (C=O) groups excluding carboxylic acids is 1. The van der Waals surface area contributed by atoms with Crippen molar-refractivity contribution < 1.29 is 18.8 Å². The fourth-order valence-corrected chi connectivity index (χ4v) is 4.52. The van der Waals surface area contributed by atoms with E-state index in [4.69, 9.17) is 16.3 Å². The lowest BCUT2D eigenvalue weighted by Crippen LogP contribution is -2.47. The summed E-state index contributed by atoms with van der Waals surface area (Å²) in [5.74, 6) is -0.677. The van der Waals surface area contributed by atoms with Crippen molar-refractivity contribution in [3.8, 4) is 0 Å². The lowest BCUT2D eigenvalue weighted by Gasteiger charge is -2.38. The summed E-state index contributed by atoms with van der Waals surface area (Å²) in [6.45, 7) is 3.85. The topological polar surface area (TPSA) is 89.6 Å². The number of nitro groups is 1. The van der Waals surface area contributed by atoms with Crippen LogP contribution >= 0.6 is 11.6 Å². The van der Waals surface area contributed by atoms with Gasteiger partial charge in [0.05, 0.1) is 23.7 Å². The van der Waals surface area contributed by atoms with Crippen molar-refractivity contribution in [2.45, 2.75) is 25.6 Å². The standard InChI is InChI=1S/C23H24ClFN4O4/c1-15-13-28(9-10-33-15)21(23-18(24)3-2-4-19(23)25)12-26-22(30)14-27-8-7-16-11-17(29(31)32)5-6-20(16)27/h2-8,11,15,21H,9-10,12-14H2,1H3,(H,26,30). The highest BCUT2D eigenvalue weighted by Crippen LogP contribution is 2.31. The van der Waals surface area contributed by atoms with E-state index in [1.165, 1.54) is 18.2 Å². The normalized spacial score (nSPS) is 17.7. The summed E-state index contributed by atoms with van der Waals surface area (Å²) in [6.07, 6.45) is 1.70. The largest absolute Gasteiger partial charge is 0.376 e. The summed E-state index contributed by atoms with van der Waals surface area (Å²) < 4.78 is 22.1. The Hall–Kier alpha value is -3.01. The molecular weight excluding hydrogens is 451 g/mol. The quantitative estimate of drug-likeness (QED) is 0.414. The van der Waals surface area contributed by atoms with Crippen LogP contribution in [0, 0.1) is 15.9 Å². The molecule has 2 heterocycles. The molecule has 174 valence electrons. The molecule has 1 aliphatic rings. The van der Waals surface area contributed by atoms with Gasteiger partial charge in [0, 0.05) is 59.5 Å². The van der Waals surface area contributed by atoms with Crippen LogP contribution in [0.15, 0.2) is 48.7 Å². The maximum absolute atomic E-state index is 14.7. The van der Waals surface area contributed by atoms with Crippen molar-refractivity contribution >= 4 is 34.1 Å². The number of rotatable bonds is 7. The number of aromatic nitrogens is 1. The lowest BCUT2D eigenvalue weighted by atomic mass is 10.0. The number of morpholine rings is 1. The summed E-state index contributed by atoms with van der Waals surface area (Å²) >= 11 is 6.35. The molecule has 33 heavy (non-hydrogen) atoms. The van der Waals surface area contributed by atoms with Crippen molar-refractivity contribution in [3.05, 3.63) is 75.2 Å². The molecular formula is C23H24ClFN4O4. The minimum atomic E-state index is -0.454. The van der Waals surface area contributed by atoms with E-state index < -0.39 is 16.8 Å². The Bertz CT molecular complexity index is 1160. The van der Waals surface area contributed by atoms with Gasteiger partial charge in [0.15, 0.2) is 0 Å². The summed E-state index contributed by atoms with van der Waals surface area (Å²) in [5, 5.41) is 14.9. The molecule has 2 aromatic carbocycles. The highest BCUT2D eigenvalue weighted by atomic mass is 35.5. The molecule has 0 bridgehead atoms. The van der Waals surface area contributed by atoms with Crippen LogP contribution in [-0.4, -0.2) is 52.6 Å². The molecule has 0 spiro atoms. The number of fused-ring (bicyclic) bond motifs is 1. The first-order valence-electron chi connectivity index (χ1n) is 10.6. The monoisotopic (exact) mass is 474 g/mol. The summed E-state index contributed by atoms with van der Waals surface area (Å²) in [5.41, 5.74) is 1.06. The maximum atomic E-state index is 14.7. The molecule has 3 aromatic rings. The first-order chi connectivity index (χ1) is 15.8. The predicted molar refractivity (Wildman–Crippen MR) is 123 cm³/mol. The molecule has 1 aliphatic heterocycles. The Labute approximate surface area is 195 Å². The average Bonchev–Trinajstić information content (AvgIpc) is 3.17. The fourth-order valence-electron chi connectivity index (χ4n) is 4.23. The van der Waals surface area contributed by atoms with Gasteiger partial charge in [-0.3, -0.25) is 19.8 Å². The number of carbonyl (C=O) groups is 1. The van der Waals surface area contributed by atoms with E-state index in [2.05, 4.69) is 10.2 Å². The van der Waals surface area contributed by atoms with E-state index in [1.807, 2.05) is 6.92 Å². The zero-order valence-corrected chi connectivity index (χ0v) is 18.8. The van der Waals surface area contributed by atoms with E-state index in [0.29, 0.717) is 41.2 Å². The van der Waals surface area contributed by atoms with Crippen molar-refractivity contribution in [3.63, 3.8) is 0 Å². The number of hydrogen-bond acceptors (Lipinski definition) is 5. The Morgan fingerprint density at radius 2 is 2.18 bits per heavy atom. The number of amides is 1. The number of halogens is 2. The van der Waals surface area contributed by atoms with Gasteiger partial charge in [0.1, 0.15) is 12.4 Å². The number of benzene rings is 2. The second kappa shape index (κ2) is 9.86. The molecule has 0 radical (unpaired) electrons. The minimum absolute atomic E-state index is 0.00551. The second-order valence-electron chi connectivity index (χ2n) is 8.08. The molecule has 1 fully saturated rings. The SMILES string of the molecule is CC1CN(C(CNC(=O)Cn2ccc3cc([N+](=O)[O-])ccc32)c2c(F)cccc2Cl)CCO1. The van der Waals surface area contributed by atoms with Crippen LogP contribution in [0.25, 0.3) is 10.9 Å². The molecule has 1 aromatic heterocycles. The van der Waals surface area contributed by atoms with E-state index >= 15 is 0 Å². The van der Waals surface area contributed by atoms with Gasteiger partial charge in [-0.05, 0) is 31.2 Å². The Kier molecular flexibility index (Phi) is 6.92. The third-order valence-electron chi connectivity index (χ3n) is 5.82. The Morgan fingerprint density at radius 3 is 2.91 bits per heavy atom. The molecule has 1 amide bonds. The predicted octanol–water partition coefficient (Wildman–Crippen LogP) is 3.92. The van der Waals surface area contributed by atoms with E-state index in [-0.39, 0.29) is 30.8 Å². The summed E-state index contributed by atoms with van der Waals surface area (Å²) in [6, 6.07) is 10.4. The smallest absolute Gasteiger partial charge is 0.270 e. The van der Waals surface area contributed by atoms with Gasteiger partial charge in [-0.1, -0.05) is 17.7 Å². The maximum Gasteiger partial charge on any atom is 0.270 e. The third-order valence-corrected chi connectivity index (χ3v) is 6.15. The number of nitrogens with one attached hydrogen (secondary N) is 1. The highest BCUT2D eigenvalue weighted by Gasteiger charge is 2.29. The first kappa shape index (κ1) is 23.2. The molecule has 4 rings (SSSR count). The van der Waals surface area contributed by atoms with Crippen LogP contribution in [0.1, 0.15) is 18.5 Å². The van der Waals surface area contributed by atoms with E-state index in [1.54, 1.807) is 35.0 Å². The van der Waals surface area contributed by atoms with Gasteiger partial charge >= 0.3 is 0 Å². The van der Waals surface area contributed by atoms with Crippen LogP contribution in [0.5, 0.6) is 0 Å². The van der Waals surface area contributed by atoms with Gasteiger partial charge in [0.25, 0.3) is 5.69 Å². The van der Waals surface area contributed by atoms with Crippen molar-refractivity contribution in [1.29, 1.82) is 0 Å². The van der Waals surface area contributed by atoms with Crippen LogP contribution in [0.4, 0.5) is 10.1 Å². The zero-order valence-electron chi connectivity index (χ0n) is 18.0.